The number of allylic oxidation sites excluding steroid dienone is 1. The van der Waals surface area contributed by atoms with Crippen molar-refractivity contribution in [1.82, 2.24) is 0 Å². The van der Waals surface area contributed by atoms with E-state index in [-0.39, 0.29) is 13.0 Å². The lowest BCUT2D eigenvalue weighted by molar-refractivity contribution is -0.161. The molecule has 182 valence electrons. The highest BCUT2D eigenvalue weighted by atomic mass is 16.6. The SMILES string of the molecule is CCCCCCCC(=O)CCCCCC/C=C/[C@H](CO)[C@@](C)(O)CC(=O)OC(C)(C)C. The highest BCUT2D eigenvalue weighted by molar-refractivity contribution is 5.78. The third-order valence-electron chi connectivity index (χ3n) is 5.42. The number of Topliss-reactive ketones (excluding diaryl/α,β-unsaturated/α-hetero) is 1. The molecule has 5 heteroatoms. The number of carbonyl (C=O) groups excluding carboxylic acids is 2. The Balaban J connectivity index is 4.01. The van der Waals surface area contributed by atoms with Gasteiger partial charge in [-0.2, -0.15) is 0 Å². The van der Waals surface area contributed by atoms with Gasteiger partial charge in [0, 0.05) is 18.8 Å². The fraction of sp³-hybridized carbons (Fsp3) is 0.846. The van der Waals surface area contributed by atoms with Crippen LogP contribution in [0.25, 0.3) is 0 Å². The lowest BCUT2D eigenvalue weighted by atomic mass is 9.86. The molecule has 0 saturated heterocycles. The van der Waals surface area contributed by atoms with E-state index in [0.29, 0.717) is 12.2 Å². The summed E-state index contributed by atoms with van der Waals surface area (Å²) in [6.45, 7) is 8.88. The topological polar surface area (TPSA) is 83.8 Å². The van der Waals surface area contributed by atoms with Crippen molar-refractivity contribution in [2.45, 2.75) is 129 Å². The maximum atomic E-state index is 12.0. The maximum Gasteiger partial charge on any atom is 0.309 e. The molecule has 0 radical (unpaired) electrons. The molecule has 5 nitrogen and oxygen atoms in total. The van der Waals surface area contributed by atoms with Crippen LogP contribution in [0.1, 0.15) is 118 Å². The van der Waals surface area contributed by atoms with Crippen LogP contribution in [0.4, 0.5) is 0 Å². The monoisotopic (exact) mass is 440 g/mol. The number of esters is 1. The average Bonchev–Trinajstić information content (AvgIpc) is 2.64. The molecule has 0 heterocycles. The quantitative estimate of drug-likeness (QED) is 0.157. The van der Waals surface area contributed by atoms with Gasteiger partial charge in [0.05, 0.1) is 18.6 Å². The molecule has 0 aromatic carbocycles. The van der Waals surface area contributed by atoms with E-state index >= 15 is 0 Å². The van der Waals surface area contributed by atoms with Crippen LogP contribution < -0.4 is 0 Å². The van der Waals surface area contributed by atoms with Gasteiger partial charge in [0.2, 0.25) is 0 Å². The van der Waals surface area contributed by atoms with Gasteiger partial charge < -0.3 is 14.9 Å². The summed E-state index contributed by atoms with van der Waals surface area (Å²) in [4.78, 5) is 23.9. The van der Waals surface area contributed by atoms with Crippen molar-refractivity contribution in [1.29, 1.82) is 0 Å². The van der Waals surface area contributed by atoms with Crippen LogP contribution in [0.15, 0.2) is 12.2 Å². The van der Waals surface area contributed by atoms with Crippen molar-refractivity contribution in [3.05, 3.63) is 12.2 Å². The van der Waals surface area contributed by atoms with E-state index in [2.05, 4.69) is 6.92 Å². The molecule has 2 atom stereocenters. The van der Waals surface area contributed by atoms with E-state index in [9.17, 15) is 19.8 Å². The van der Waals surface area contributed by atoms with E-state index in [1.165, 1.54) is 25.7 Å². The normalized spacial score (nSPS) is 15.1. The fourth-order valence-corrected chi connectivity index (χ4v) is 3.51. The first kappa shape index (κ1) is 29.8. The largest absolute Gasteiger partial charge is 0.460 e. The van der Waals surface area contributed by atoms with Gasteiger partial charge in [0.25, 0.3) is 0 Å². The number of aliphatic hydroxyl groups excluding tert-OH is 1. The summed E-state index contributed by atoms with van der Waals surface area (Å²) in [5.41, 5.74) is -1.96. The summed E-state index contributed by atoms with van der Waals surface area (Å²) < 4.78 is 5.27. The second-order valence-electron chi connectivity index (χ2n) is 9.99. The first-order chi connectivity index (χ1) is 14.5. The highest BCUT2D eigenvalue weighted by Crippen LogP contribution is 2.24. The standard InChI is InChI=1S/C26H48O5/c1-6-7-8-11-15-18-23(28)19-16-13-10-9-12-14-17-22(21-27)26(5,30)20-24(29)31-25(2,3)4/h14,17,22,27,30H,6-13,15-16,18-21H2,1-5H3/b17-14+/t22-,26+/m1/s1. The first-order valence-corrected chi connectivity index (χ1v) is 12.2. The van der Waals surface area contributed by atoms with Crippen molar-refractivity contribution in [2.24, 2.45) is 5.92 Å². The van der Waals surface area contributed by atoms with Crippen LogP contribution in [0, 0.1) is 5.92 Å². The van der Waals surface area contributed by atoms with Crippen molar-refractivity contribution < 1.29 is 24.5 Å². The van der Waals surface area contributed by atoms with Gasteiger partial charge in [-0.3, -0.25) is 9.59 Å². The third kappa shape index (κ3) is 17.1. The summed E-state index contributed by atoms with van der Waals surface area (Å²) in [7, 11) is 0. The third-order valence-corrected chi connectivity index (χ3v) is 5.42. The molecular formula is C26H48O5. The molecular weight excluding hydrogens is 392 g/mol. The van der Waals surface area contributed by atoms with Crippen LogP contribution in [-0.4, -0.2) is 39.8 Å². The predicted octanol–water partition coefficient (Wildman–Crippen LogP) is 5.90. The minimum Gasteiger partial charge on any atom is -0.460 e. The van der Waals surface area contributed by atoms with Crippen LogP contribution in [0.5, 0.6) is 0 Å². The maximum absolute atomic E-state index is 12.0. The molecule has 0 aromatic heterocycles. The molecule has 0 aromatic rings. The lowest BCUT2D eigenvalue weighted by Gasteiger charge is -2.30. The first-order valence-electron chi connectivity index (χ1n) is 12.2. The summed E-state index contributed by atoms with van der Waals surface area (Å²) in [6, 6.07) is 0. The predicted molar refractivity (Wildman–Crippen MR) is 127 cm³/mol. The molecule has 0 aliphatic heterocycles. The van der Waals surface area contributed by atoms with Crippen molar-refractivity contribution >= 4 is 11.8 Å². The van der Waals surface area contributed by atoms with E-state index in [1.807, 2.05) is 6.08 Å². The number of hydrogen-bond acceptors (Lipinski definition) is 5. The lowest BCUT2D eigenvalue weighted by Crippen LogP contribution is -2.39. The summed E-state index contributed by atoms with van der Waals surface area (Å²) in [6.07, 6.45) is 15.9. The van der Waals surface area contributed by atoms with Crippen molar-refractivity contribution in [3.8, 4) is 0 Å². The molecule has 2 N–H and O–H groups in total. The second kappa shape index (κ2) is 16.4. The Morgan fingerprint density at radius 1 is 0.903 bits per heavy atom. The number of carbonyl (C=O) groups is 2. The van der Waals surface area contributed by atoms with Gasteiger partial charge in [0.1, 0.15) is 11.4 Å². The van der Waals surface area contributed by atoms with Gasteiger partial charge in [-0.05, 0) is 53.4 Å². The number of ketones is 1. The number of unbranched alkanes of at least 4 members (excludes halogenated alkanes) is 8. The Hall–Kier alpha value is -1.20. The molecule has 31 heavy (non-hydrogen) atoms. The second-order valence-corrected chi connectivity index (χ2v) is 9.99. The zero-order valence-corrected chi connectivity index (χ0v) is 20.8. The molecule has 0 unspecified atom stereocenters. The number of hydrogen-bond donors (Lipinski definition) is 2. The fourth-order valence-electron chi connectivity index (χ4n) is 3.51. The number of rotatable bonds is 18. The van der Waals surface area contributed by atoms with Gasteiger partial charge in [0.15, 0.2) is 0 Å². The zero-order valence-electron chi connectivity index (χ0n) is 20.8. The smallest absolute Gasteiger partial charge is 0.309 e. The van der Waals surface area contributed by atoms with Crippen LogP contribution in [-0.2, 0) is 14.3 Å². The Kier molecular flexibility index (Phi) is 15.8. The molecule has 0 aliphatic rings. The summed E-state index contributed by atoms with van der Waals surface area (Å²) in [5.74, 6) is -0.593. The minimum absolute atomic E-state index is 0.160. The van der Waals surface area contributed by atoms with Gasteiger partial charge >= 0.3 is 5.97 Å². The molecule has 0 saturated carbocycles. The Morgan fingerprint density at radius 2 is 1.45 bits per heavy atom. The summed E-state index contributed by atoms with van der Waals surface area (Å²) >= 11 is 0. The van der Waals surface area contributed by atoms with E-state index in [4.69, 9.17) is 4.74 Å². The van der Waals surface area contributed by atoms with Crippen LogP contribution in [0.2, 0.25) is 0 Å². The van der Waals surface area contributed by atoms with Gasteiger partial charge in [-0.25, -0.2) is 0 Å². The van der Waals surface area contributed by atoms with Crippen molar-refractivity contribution in [3.63, 3.8) is 0 Å². The van der Waals surface area contributed by atoms with Crippen molar-refractivity contribution in [2.75, 3.05) is 6.61 Å². The summed E-state index contributed by atoms with van der Waals surface area (Å²) in [5, 5.41) is 20.3. The van der Waals surface area contributed by atoms with Gasteiger partial charge in [-0.1, -0.05) is 57.6 Å². The Labute approximate surface area is 190 Å². The minimum atomic E-state index is -1.36. The molecule has 0 spiro atoms. The molecule has 0 rings (SSSR count). The van der Waals surface area contributed by atoms with E-state index in [1.54, 1.807) is 33.8 Å². The van der Waals surface area contributed by atoms with E-state index in [0.717, 1.165) is 44.9 Å². The Morgan fingerprint density at radius 3 is 1.97 bits per heavy atom. The molecule has 0 amide bonds. The van der Waals surface area contributed by atoms with E-state index < -0.39 is 23.1 Å². The average molecular weight is 441 g/mol. The van der Waals surface area contributed by atoms with Crippen LogP contribution in [0.3, 0.4) is 0 Å². The number of ether oxygens (including phenoxy) is 1. The molecule has 0 aliphatic carbocycles. The zero-order chi connectivity index (χ0) is 23.8. The number of aliphatic hydroxyl groups is 2. The van der Waals surface area contributed by atoms with Crippen LogP contribution >= 0.6 is 0 Å². The highest BCUT2D eigenvalue weighted by Gasteiger charge is 2.34. The molecule has 0 bridgehead atoms. The molecule has 0 fully saturated rings. The van der Waals surface area contributed by atoms with Gasteiger partial charge in [-0.15, -0.1) is 0 Å². The Bertz CT molecular complexity index is 516.